The van der Waals surface area contributed by atoms with Crippen LogP contribution in [0.25, 0.3) is 11.1 Å². The first kappa shape index (κ1) is 19.4. The summed E-state index contributed by atoms with van der Waals surface area (Å²) < 4.78 is 0. The van der Waals surface area contributed by atoms with Crippen LogP contribution in [0.3, 0.4) is 0 Å². The number of nitriles is 1. The van der Waals surface area contributed by atoms with Crippen LogP contribution in [0.1, 0.15) is 30.9 Å². The largest absolute Gasteiger partial charge is 0.392 e. The molecule has 0 radical (unpaired) electrons. The lowest BCUT2D eigenvalue weighted by molar-refractivity contribution is -0.118. The van der Waals surface area contributed by atoms with Crippen LogP contribution in [0, 0.1) is 18.3 Å². The van der Waals surface area contributed by atoms with Gasteiger partial charge in [0.05, 0.1) is 17.7 Å². The Morgan fingerprint density at radius 2 is 2.14 bits per heavy atom. The second-order valence-corrected chi connectivity index (χ2v) is 7.14. The molecule has 7 heteroatoms. The van der Waals surface area contributed by atoms with E-state index in [0.29, 0.717) is 23.5 Å². The van der Waals surface area contributed by atoms with Crippen molar-refractivity contribution in [3.05, 3.63) is 41.6 Å². The second-order valence-electron chi connectivity index (χ2n) is 7.14. The van der Waals surface area contributed by atoms with Gasteiger partial charge in [-0.2, -0.15) is 5.26 Å². The smallest absolute Gasteiger partial charge is 0.228 e. The Balaban J connectivity index is 1.80. The number of aryl methyl sites for hydroxylation is 1. The van der Waals surface area contributed by atoms with Crippen LogP contribution in [0.15, 0.2) is 35.6 Å². The van der Waals surface area contributed by atoms with E-state index in [1.807, 2.05) is 57.1 Å². The molecule has 7 nitrogen and oxygen atoms in total. The molecule has 1 aromatic heterocycles. The molecule has 0 bridgehead atoms. The minimum atomic E-state index is -0.203. The molecule has 144 valence electrons. The number of amides is 1. The fraction of sp³-hybridized carbons (Fsp3) is 0.333. The van der Waals surface area contributed by atoms with E-state index in [9.17, 15) is 10.1 Å². The van der Waals surface area contributed by atoms with Gasteiger partial charge in [-0.15, -0.1) is 0 Å². The molecule has 2 heterocycles. The molecular weight excluding hydrogens is 354 g/mol. The van der Waals surface area contributed by atoms with Crippen LogP contribution in [0.2, 0.25) is 0 Å². The number of benzene rings is 1. The molecule has 0 fully saturated rings. The lowest BCUT2D eigenvalue weighted by atomic mass is 10.00. The van der Waals surface area contributed by atoms with Gasteiger partial charge in [-0.25, -0.2) is 4.98 Å². The summed E-state index contributed by atoms with van der Waals surface area (Å²) in [6.07, 6.45) is 2.47. The van der Waals surface area contributed by atoms with Crippen LogP contribution in [-0.2, 0) is 9.63 Å². The van der Waals surface area contributed by atoms with E-state index in [4.69, 9.17) is 4.84 Å². The molecule has 0 saturated carbocycles. The Morgan fingerprint density at radius 1 is 1.36 bits per heavy atom. The SMILES string of the molecule is CC1=NOC(CC(=O)Nc2ccc(C)c(-c3cnc(N(C)C)c(C#N)c3)c2)C1. The summed E-state index contributed by atoms with van der Waals surface area (Å²) in [5.74, 6) is 0.505. The summed E-state index contributed by atoms with van der Waals surface area (Å²) in [5, 5.41) is 16.2. The molecule has 1 aliphatic heterocycles. The van der Waals surface area contributed by atoms with Gasteiger partial charge in [-0.1, -0.05) is 11.2 Å². The zero-order valence-electron chi connectivity index (χ0n) is 16.5. The van der Waals surface area contributed by atoms with Crippen LogP contribution in [0.4, 0.5) is 11.5 Å². The Morgan fingerprint density at radius 3 is 2.79 bits per heavy atom. The summed E-state index contributed by atoms with van der Waals surface area (Å²) >= 11 is 0. The Bertz CT molecular complexity index is 975. The number of anilines is 2. The maximum atomic E-state index is 12.3. The van der Waals surface area contributed by atoms with E-state index in [1.165, 1.54) is 0 Å². The molecule has 0 saturated heterocycles. The highest BCUT2D eigenvalue weighted by atomic mass is 16.6. The summed E-state index contributed by atoms with van der Waals surface area (Å²) in [6, 6.07) is 9.72. The van der Waals surface area contributed by atoms with E-state index < -0.39 is 0 Å². The predicted octanol–water partition coefficient (Wildman–Crippen LogP) is 3.49. The first-order valence-electron chi connectivity index (χ1n) is 9.05. The molecule has 1 N–H and O–H groups in total. The van der Waals surface area contributed by atoms with Crippen molar-refractivity contribution in [1.82, 2.24) is 4.98 Å². The molecule has 0 spiro atoms. The molecule has 3 rings (SSSR count). The van der Waals surface area contributed by atoms with Crippen LogP contribution < -0.4 is 10.2 Å². The van der Waals surface area contributed by atoms with Gasteiger partial charge >= 0.3 is 0 Å². The lowest BCUT2D eigenvalue weighted by Crippen LogP contribution is -2.20. The normalized spacial score (nSPS) is 15.4. The monoisotopic (exact) mass is 377 g/mol. The molecule has 1 aromatic carbocycles. The molecule has 28 heavy (non-hydrogen) atoms. The Labute approximate surface area is 164 Å². The number of oxime groups is 1. The second kappa shape index (κ2) is 8.09. The van der Waals surface area contributed by atoms with Gasteiger partial charge < -0.3 is 15.1 Å². The van der Waals surface area contributed by atoms with E-state index in [1.54, 1.807) is 6.20 Å². The average Bonchev–Trinajstić information content (AvgIpc) is 3.07. The first-order chi connectivity index (χ1) is 13.4. The van der Waals surface area contributed by atoms with Gasteiger partial charge in [0.1, 0.15) is 18.0 Å². The Kier molecular flexibility index (Phi) is 5.59. The number of nitrogens with zero attached hydrogens (tertiary/aromatic N) is 4. The van der Waals surface area contributed by atoms with Crippen molar-refractivity contribution >= 4 is 23.1 Å². The quantitative estimate of drug-likeness (QED) is 0.861. The van der Waals surface area contributed by atoms with Crippen molar-refractivity contribution in [2.75, 3.05) is 24.3 Å². The van der Waals surface area contributed by atoms with Gasteiger partial charge in [0.15, 0.2) is 0 Å². The predicted molar refractivity (Wildman–Crippen MR) is 109 cm³/mol. The Hall–Kier alpha value is -3.40. The van der Waals surface area contributed by atoms with E-state index >= 15 is 0 Å². The van der Waals surface area contributed by atoms with E-state index in [0.717, 1.165) is 22.4 Å². The third kappa shape index (κ3) is 4.29. The maximum absolute atomic E-state index is 12.3. The molecule has 1 amide bonds. The molecule has 1 unspecified atom stereocenters. The highest BCUT2D eigenvalue weighted by Gasteiger charge is 2.21. The fourth-order valence-electron chi connectivity index (χ4n) is 3.15. The number of pyridine rings is 1. The summed E-state index contributed by atoms with van der Waals surface area (Å²) in [4.78, 5) is 23.8. The number of rotatable bonds is 5. The number of carbonyl (C=O) groups excluding carboxylic acids is 1. The minimum absolute atomic E-state index is 0.122. The molecule has 1 aliphatic rings. The number of hydrogen-bond donors (Lipinski definition) is 1. The maximum Gasteiger partial charge on any atom is 0.228 e. The van der Waals surface area contributed by atoms with E-state index in [2.05, 4.69) is 21.5 Å². The molecule has 0 aliphatic carbocycles. The molecule has 2 aromatic rings. The topological polar surface area (TPSA) is 90.6 Å². The van der Waals surface area contributed by atoms with Crippen molar-refractivity contribution < 1.29 is 9.63 Å². The first-order valence-corrected chi connectivity index (χ1v) is 9.05. The van der Waals surface area contributed by atoms with Gasteiger partial charge in [-0.05, 0) is 43.2 Å². The third-order valence-corrected chi connectivity index (χ3v) is 4.54. The van der Waals surface area contributed by atoms with Crippen molar-refractivity contribution in [3.63, 3.8) is 0 Å². The zero-order chi connectivity index (χ0) is 20.3. The molecular formula is C21H23N5O2. The van der Waals surface area contributed by atoms with Crippen molar-refractivity contribution in [1.29, 1.82) is 5.26 Å². The minimum Gasteiger partial charge on any atom is -0.392 e. The molecule has 1 atom stereocenters. The third-order valence-electron chi connectivity index (χ3n) is 4.54. The average molecular weight is 377 g/mol. The standard InChI is InChI=1S/C21H23N5O2/c1-13-5-6-17(24-20(27)10-18-7-14(2)25-28-18)9-19(13)16-8-15(11-22)21(23-12-16)26(3)4/h5-6,8-9,12,18H,7,10H2,1-4H3,(H,24,27). The number of carbonyl (C=O) groups is 1. The van der Waals surface area contributed by atoms with Crippen LogP contribution in [-0.4, -0.2) is 36.8 Å². The van der Waals surface area contributed by atoms with Gasteiger partial charge in [-0.3, -0.25) is 4.79 Å². The summed E-state index contributed by atoms with van der Waals surface area (Å²) in [7, 11) is 3.70. The van der Waals surface area contributed by atoms with Crippen molar-refractivity contribution in [2.45, 2.75) is 32.8 Å². The zero-order valence-corrected chi connectivity index (χ0v) is 16.5. The lowest BCUT2D eigenvalue weighted by Gasteiger charge is -2.15. The van der Waals surface area contributed by atoms with Gasteiger partial charge in [0, 0.05) is 38.0 Å². The van der Waals surface area contributed by atoms with E-state index in [-0.39, 0.29) is 18.4 Å². The summed E-state index contributed by atoms with van der Waals surface area (Å²) in [6.45, 7) is 3.87. The fourth-order valence-corrected chi connectivity index (χ4v) is 3.15. The van der Waals surface area contributed by atoms with Crippen LogP contribution >= 0.6 is 0 Å². The van der Waals surface area contributed by atoms with Gasteiger partial charge in [0.25, 0.3) is 0 Å². The highest BCUT2D eigenvalue weighted by molar-refractivity contribution is 5.93. The highest BCUT2D eigenvalue weighted by Crippen LogP contribution is 2.29. The number of hydrogen-bond acceptors (Lipinski definition) is 6. The number of aromatic nitrogens is 1. The van der Waals surface area contributed by atoms with Gasteiger partial charge in [0.2, 0.25) is 5.91 Å². The number of nitrogens with one attached hydrogen (secondary N) is 1. The summed E-state index contributed by atoms with van der Waals surface area (Å²) in [5.41, 5.74) is 4.88. The van der Waals surface area contributed by atoms with Crippen molar-refractivity contribution in [2.24, 2.45) is 5.16 Å². The van der Waals surface area contributed by atoms with Crippen molar-refractivity contribution in [3.8, 4) is 17.2 Å². The van der Waals surface area contributed by atoms with Crippen LogP contribution in [0.5, 0.6) is 0 Å².